The van der Waals surface area contributed by atoms with Crippen LogP contribution in [0.2, 0.25) is 0 Å². The molecule has 2 rings (SSSR count). The van der Waals surface area contributed by atoms with E-state index in [1.54, 1.807) is 19.9 Å². The highest BCUT2D eigenvalue weighted by Crippen LogP contribution is 2.18. The average Bonchev–Trinajstić information content (AvgIpc) is 2.57. The van der Waals surface area contributed by atoms with Crippen molar-refractivity contribution in [3.05, 3.63) is 35.1 Å². The van der Waals surface area contributed by atoms with Gasteiger partial charge >= 0.3 is 5.97 Å². The molecule has 132 valence electrons. The summed E-state index contributed by atoms with van der Waals surface area (Å²) in [7, 11) is 0. The Morgan fingerprint density at radius 2 is 2.04 bits per heavy atom. The highest BCUT2D eigenvalue weighted by Gasteiger charge is 2.26. The summed E-state index contributed by atoms with van der Waals surface area (Å²) in [6.07, 6.45) is 1.44. The van der Waals surface area contributed by atoms with Gasteiger partial charge in [-0.25, -0.2) is 4.39 Å². The van der Waals surface area contributed by atoms with Crippen LogP contribution in [0.4, 0.5) is 4.39 Å². The molecule has 0 saturated carbocycles. The standard InChI is InChI=1S/C18H25FN2O3/c1-3-24-18(23)15-6-8-21(9-7-15)12-17(22)20-11-14-5-4-13(2)16(19)10-14/h4-5,10,15H,3,6-9,11-12H2,1-2H3,(H,20,22). The zero-order valence-electron chi connectivity index (χ0n) is 14.3. The van der Waals surface area contributed by atoms with Crippen molar-refractivity contribution in [1.82, 2.24) is 10.2 Å². The third-order valence-electron chi connectivity index (χ3n) is 4.30. The second-order valence-corrected chi connectivity index (χ2v) is 6.16. The van der Waals surface area contributed by atoms with Crippen molar-refractivity contribution in [3.8, 4) is 0 Å². The molecule has 1 aromatic carbocycles. The summed E-state index contributed by atoms with van der Waals surface area (Å²) in [6.45, 7) is 5.93. The molecule has 1 N–H and O–H groups in total. The summed E-state index contributed by atoms with van der Waals surface area (Å²) in [4.78, 5) is 25.7. The Bertz CT molecular complexity index is 584. The molecule has 24 heavy (non-hydrogen) atoms. The fourth-order valence-electron chi connectivity index (χ4n) is 2.79. The van der Waals surface area contributed by atoms with E-state index in [1.165, 1.54) is 6.07 Å². The lowest BCUT2D eigenvalue weighted by Gasteiger charge is -2.30. The molecule has 1 amide bonds. The number of carbonyl (C=O) groups is 2. The molecule has 1 fully saturated rings. The van der Waals surface area contributed by atoms with Crippen LogP contribution in [0.25, 0.3) is 0 Å². The van der Waals surface area contributed by atoms with Gasteiger partial charge in [0.15, 0.2) is 0 Å². The Morgan fingerprint density at radius 1 is 1.33 bits per heavy atom. The normalized spacial score (nSPS) is 16.0. The second-order valence-electron chi connectivity index (χ2n) is 6.16. The number of esters is 1. The van der Waals surface area contributed by atoms with Gasteiger partial charge in [-0.3, -0.25) is 14.5 Å². The molecule has 1 saturated heterocycles. The first-order valence-corrected chi connectivity index (χ1v) is 8.40. The van der Waals surface area contributed by atoms with Crippen LogP contribution in [0.5, 0.6) is 0 Å². The predicted molar refractivity (Wildman–Crippen MR) is 88.8 cm³/mol. The summed E-state index contributed by atoms with van der Waals surface area (Å²) in [6, 6.07) is 4.96. The molecule has 0 spiro atoms. The molecule has 1 heterocycles. The van der Waals surface area contributed by atoms with E-state index in [2.05, 4.69) is 5.32 Å². The van der Waals surface area contributed by atoms with Crippen molar-refractivity contribution in [3.63, 3.8) is 0 Å². The minimum Gasteiger partial charge on any atom is -0.466 e. The number of carbonyl (C=O) groups excluding carboxylic acids is 2. The first-order valence-electron chi connectivity index (χ1n) is 8.40. The number of rotatable bonds is 6. The molecule has 0 aromatic heterocycles. The number of nitrogens with zero attached hydrogens (tertiary/aromatic N) is 1. The van der Waals surface area contributed by atoms with Crippen LogP contribution in [0, 0.1) is 18.7 Å². The molecule has 1 aliphatic rings. The minimum atomic E-state index is -0.261. The zero-order valence-corrected chi connectivity index (χ0v) is 14.3. The Balaban J connectivity index is 1.71. The van der Waals surface area contributed by atoms with Gasteiger partial charge in [-0.1, -0.05) is 12.1 Å². The van der Waals surface area contributed by atoms with Crippen LogP contribution >= 0.6 is 0 Å². The van der Waals surface area contributed by atoms with Crippen LogP contribution in [-0.2, 0) is 20.9 Å². The Hall–Kier alpha value is -1.95. The van der Waals surface area contributed by atoms with Crippen molar-refractivity contribution in [2.45, 2.75) is 33.2 Å². The third kappa shape index (κ3) is 5.30. The summed E-state index contributed by atoms with van der Waals surface area (Å²) >= 11 is 0. The lowest BCUT2D eigenvalue weighted by molar-refractivity contribution is -0.149. The molecule has 0 bridgehead atoms. The number of benzene rings is 1. The minimum absolute atomic E-state index is 0.0557. The van der Waals surface area contributed by atoms with Crippen molar-refractivity contribution in [1.29, 1.82) is 0 Å². The number of hydrogen-bond donors (Lipinski definition) is 1. The number of likely N-dealkylation sites (tertiary alicyclic amines) is 1. The van der Waals surface area contributed by atoms with E-state index in [1.807, 2.05) is 11.0 Å². The topological polar surface area (TPSA) is 58.6 Å². The lowest BCUT2D eigenvalue weighted by atomic mass is 9.97. The molecule has 0 unspecified atom stereocenters. The highest BCUT2D eigenvalue weighted by molar-refractivity contribution is 5.78. The number of hydrogen-bond acceptors (Lipinski definition) is 4. The predicted octanol–water partition coefficient (Wildman–Crippen LogP) is 2.03. The quantitative estimate of drug-likeness (QED) is 0.808. The van der Waals surface area contributed by atoms with E-state index in [-0.39, 0.29) is 23.6 Å². The van der Waals surface area contributed by atoms with Gasteiger partial charge in [-0.2, -0.15) is 0 Å². The van der Waals surface area contributed by atoms with Crippen LogP contribution in [0.15, 0.2) is 18.2 Å². The lowest BCUT2D eigenvalue weighted by Crippen LogP contribution is -2.42. The smallest absolute Gasteiger partial charge is 0.309 e. The first-order chi connectivity index (χ1) is 11.5. The highest BCUT2D eigenvalue weighted by atomic mass is 19.1. The fourth-order valence-corrected chi connectivity index (χ4v) is 2.79. The Kier molecular flexibility index (Phi) is 6.73. The van der Waals surface area contributed by atoms with Gasteiger partial charge in [0.2, 0.25) is 5.91 Å². The average molecular weight is 336 g/mol. The van der Waals surface area contributed by atoms with Crippen molar-refractivity contribution >= 4 is 11.9 Å². The van der Waals surface area contributed by atoms with E-state index in [0.29, 0.717) is 38.3 Å². The molecule has 1 aromatic rings. The maximum atomic E-state index is 13.5. The van der Waals surface area contributed by atoms with E-state index in [9.17, 15) is 14.0 Å². The molecule has 0 radical (unpaired) electrons. The summed E-state index contributed by atoms with van der Waals surface area (Å²) in [5.74, 6) is -0.545. The number of amides is 1. The van der Waals surface area contributed by atoms with E-state index >= 15 is 0 Å². The number of nitrogens with one attached hydrogen (secondary N) is 1. The SMILES string of the molecule is CCOC(=O)C1CCN(CC(=O)NCc2ccc(C)c(F)c2)CC1. The van der Waals surface area contributed by atoms with Crippen molar-refractivity contribution in [2.24, 2.45) is 5.92 Å². The number of halogens is 1. The molecule has 1 aliphatic heterocycles. The largest absolute Gasteiger partial charge is 0.466 e. The van der Waals surface area contributed by atoms with Gasteiger partial charge in [0.05, 0.1) is 19.1 Å². The third-order valence-corrected chi connectivity index (χ3v) is 4.30. The number of piperidine rings is 1. The molecular formula is C18H25FN2O3. The summed E-state index contributed by atoms with van der Waals surface area (Å²) in [5.41, 5.74) is 1.34. The van der Waals surface area contributed by atoms with Gasteiger partial charge in [-0.15, -0.1) is 0 Å². The van der Waals surface area contributed by atoms with Gasteiger partial charge in [-0.05, 0) is 57.0 Å². The molecule has 0 aliphatic carbocycles. The van der Waals surface area contributed by atoms with Crippen LogP contribution < -0.4 is 5.32 Å². The molecular weight excluding hydrogens is 311 g/mol. The van der Waals surface area contributed by atoms with Crippen LogP contribution in [-0.4, -0.2) is 43.0 Å². The van der Waals surface area contributed by atoms with Gasteiger partial charge < -0.3 is 10.1 Å². The molecule has 6 heteroatoms. The number of aryl methyl sites for hydroxylation is 1. The molecule has 5 nitrogen and oxygen atoms in total. The monoisotopic (exact) mass is 336 g/mol. The van der Waals surface area contributed by atoms with Gasteiger partial charge in [0.1, 0.15) is 5.82 Å². The Labute approximate surface area is 142 Å². The summed E-state index contributed by atoms with van der Waals surface area (Å²) in [5, 5.41) is 2.81. The van der Waals surface area contributed by atoms with Gasteiger partial charge in [0.25, 0.3) is 0 Å². The first kappa shape index (κ1) is 18.4. The summed E-state index contributed by atoms with van der Waals surface area (Å²) < 4.78 is 18.5. The number of ether oxygens (including phenoxy) is 1. The van der Waals surface area contributed by atoms with E-state index < -0.39 is 0 Å². The second kappa shape index (κ2) is 8.78. The fraction of sp³-hybridized carbons (Fsp3) is 0.556. The van der Waals surface area contributed by atoms with Gasteiger partial charge in [0, 0.05) is 6.54 Å². The van der Waals surface area contributed by atoms with Crippen LogP contribution in [0.1, 0.15) is 30.9 Å². The maximum Gasteiger partial charge on any atom is 0.309 e. The van der Waals surface area contributed by atoms with Crippen molar-refractivity contribution < 1.29 is 18.7 Å². The molecule has 0 atom stereocenters. The Morgan fingerprint density at radius 3 is 2.67 bits per heavy atom. The maximum absolute atomic E-state index is 13.5. The zero-order chi connectivity index (χ0) is 17.5. The van der Waals surface area contributed by atoms with E-state index in [0.717, 1.165) is 18.4 Å². The van der Waals surface area contributed by atoms with Crippen LogP contribution in [0.3, 0.4) is 0 Å². The van der Waals surface area contributed by atoms with Crippen molar-refractivity contribution in [2.75, 3.05) is 26.2 Å². The van der Waals surface area contributed by atoms with E-state index in [4.69, 9.17) is 4.74 Å².